The monoisotopic (exact) mass is 61.1 g/mol. The van der Waals surface area contributed by atoms with Crippen LogP contribution < -0.4 is 6.15 Å². The third-order valence-electron chi connectivity index (χ3n) is 0. The number of hydrogen-bond acceptors (Lipinski definition) is 1. The molecule has 20 valence electrons. The molecule has 3 N–H and O–H groups in total. The van der Waals surface area contributed by atoms with Crippen molar-refractivity contribution in [3.8, 4) is 0 Å². The van der Waals surface area contributed by atoms with E-state index in [-0.39, 0.29) is 39.8 Å². The van der Waals surface area contributed by atoms with Crippen LogP contribution in [-0.4, -0.2) is 33.7 Å². The van der Waals surface area contributed by atoms with Crippen molar-refractivity contribution in [3.05, 3.63) is 0 Å². The van der Waals surface area contributed by atoms with E-state index in [1.165, 1.54) is 0 Å². The molecule has 0 fully saturated rings. The van der Waals surface area contributed by atoms with Crippen molar-refractivity contribution < 1.29 is 0 Å². The summed E-state index contributed by atoms with van der Waals surface area (Å²) < 4.78 is 0. The molecule has 12 radical (unpaired) electrons. The molecule has 0 rings (SSSR count). The SMILES string of the molecule is N.[B].[B].[B].[B]. The number of hydrogen-bond donors (Lipinski definition) is 1. The molecule has 0 spiro atoms. The minimum absolute atomic E-state index is 0. The first-order valence-electron chi connectivity index (χ1n) is 0. The average Bonchev–Trinajstić information content (AvgIpc) is 0. The molecule has 0 aromatic carbocycles. The molecule has 0 atom stereocenters. The molecule has 5 heteroatoms. The lowest BCUT2D eigenvalue weighted by molar-refractivity contribution is 2.13. The van der Waals surface area contributed by atoms with E-state index in [4.69, 9.17) is 0 Å². The standard InChI is InChI=1S/4B.H3N/h;;;;1H3. The summed E-state index contributed by atoms with van der Waals surface area (Å²) in [5, 5.41) is 0. The Bertz CT molecular complexity index is 3.61. The van der Waals surface area contributed by atoms with E-state index in [2.05, 4.69) is 0 Å². The Morgan fingerprint density at radius 1 is 0.400 bits per heavy atom. The minimum Gasteiger partial charge on any atom is -0.344 e. The molecule has 0 amide bonds. The van der Waals surface area contributed by atoms with Gasteiger partial charge in [-0.25, -0.2) is 0 Å². The van der Waals surface area contributed by atoms with E-state index in [1.807, 2.05) is 0 Å². The van der Waals surface area contributed by atoms with Crippen molar-refractivity contribution >= 4 is 33.7 Å². The van der Waals surface area contributed by atoms with Crippen molar-refractivity contribution in [2.24, 2.45) is 0 Å². The molecule has 0 saturated heterocycles. The van der Waals surface area contributed by atoms with Gasteiger partial charge in [-0.05, 0) is 0 Å². The van der Waals surface area contributed by atoms with Crippen LogP contribution in [0.1, 0.15) is 0 Å². The second kappa shape index (κ2) is 906. The van der Waals surface area contributed by atoms with Gasteiger partial charge in [-0.2, -0.15) is 0 Å². The maximum atomic E-state index is 0. The normalized spacial score (nSPS) is 0. The molecule has 0 saturated carbocycles. The predicted molar refractivity (Wildman–Crippen MR) is 28.0 cm³/mol. The van der Waals surface area contributed by atoms with Crippen LogP contribution in [0.25, 0.3) is 0 Å². The Kier molecular flexibility index (Phi) is 349000. The summed E-state index contributed by atoms with van der Waals surface area (Å²) in [7, 11) is 0. The van der Waals surface area contributed by atoms with Gasteiger partial charge in [-0.15, -0.1) is 0 Å². The smallest absolute Gasteiger partial charge is 0 e. The van der Waals surface area contributed by atoms with Crippen LogP contribution in [0.15, 0.2) is 0 Å². The van der Waals surface area contributed by atoms with Gasteiger partial charge in [0, 0.05) is 33.7 Å². The molecular weight excluding hydrogens is 57.3 g/mol. The molecule has 0 bridgehead atoms. The van der Waals surface area contributed by atoms with Crippen LogP contribution in [0.5, 0.6) is 0 Å². The quantitative estimate of drug-likeness (QED) is 0.344. The topological polar surface area (TPSA) is 35.0 Å². The highest BCUT2D eigenvalue weighted by Gasteiger charge is 0.00301. The molecule has 1 nitrogen and oxygen atoms in total. The van der Waals surface area contributed by atoms with E-state index in [0.29, 0.717) is 0 Å². The molecule has 0 aliphatic rings. The third kappa shape index (κ3) is 431. The van der Waals surface area contributed by atoms with Gasteiger partial charge in [0.25, 0.3) is 0 Å². The fraction of sp³-hybridized carbons (Fsp3) is 0. The highest BCUT2D eigenvalue weighted by atomic mass is 14.0. The highest BCUT2D eigenvalue weighted by Crippen LogP contribution is -0.378. The van der Waals surface area contributed by atoms with E-state index in [9.17, 15) is 0 Å². The predicted octanol–water partition coefficient (Wildman–Crippen LogP) is -1.36. The van der Waals surface area contributed by atoms with Crippen LogP contribution >= 0.6 is 0 Å². The average molecular weight is 60.3 g/mol. The van der Waals surface area contributed by atoms with Gasteiger partial charge in [-0.3, -0.25) is 0 Å². The molecule has 0 aliphatic heterocycles. The molecule has 0 heterocycles. The van der Waals surface area contributed by atoms with Crippen molar-refractivity contribution in [2.75, 3.05) is 0 Å². The maximum absolute atomic E-state index is 0. The Morgan fingerprint density at radius 2 is 0.400 bits per heavy atom. The van der Waals surface area contributed by atoms with Crippen LogP contribution in [0.2, 0.25) is 0 Å². The first kappa shape index (κ1) is 1920. The first-order valence-corrected chi connectivity index (χ1v) is 0. The zero-order chi connectivity index (χ0) is 0. The molecular formula is H3B4N. The van der Waals surface area contributed by atoms with Gasteiger partial charge in [0.2, 0.25) is 0 Å². The molecule has 0 aromatic rings. The van der Waals surface area contributed by atoms with Gasteiger partial charge in [-0.1, -0.05) is 0 Å². The Labute approximate surface area is 40.8 Å². The maximum Gasteiger partial charge on any atom is 0 e. The second-order valence-electron chi connectivity index (χ2n) is 0. The van der Waals surface area contributed by atoms with Gasteiger partial charge in [0.1, 0.15) is 0 Å². The van der Waals surface area contributed by atoms with Crippen LogP contribution in [0, 0.1) is 0 Å². The van der Waals surface area contributed by atoms with Crippen molar-refractivity contribution in [3.63, 3.8) is 0 Å². The van der Waals surface area contributed by atoms with Gasteiger partial charge >= 0.3 is 0 Å². The Morgan fingerprint density at radius 3 is 0.400 bits per heavy atom. The van der Waals surface area contributed by atoms with Crippen LogP contribution in [0.3, 0.4) is 0 Å². The lowest BCUT2D eigenvalue weighted by atomic mass is 10.8. The largest absolute Gasteiger partial charge is 0.344 e. The van der Waals surface area contributed by atoms with Crippen LogP contribution in [0.4, 0.5) is 0 Å². The van der Waals surface area contributed by atoms with Crippen molar-refractivity contribution in [2.45, 2.75) is 0 Å². The Balaban J connectivity index is 0. The summed E-state index contributed by atoms with van der Waals surface area (Å²) >= 11 is 0. The third-order valence-corrected chi connectivity index (χ3v) is 0. The van der Waals surface area contributed by atoms with E-state index in [0.717, 1.165) is 0 Å². The summed E-state index contributed by atoms with van der Waals surface area (Å²) in [5.74, 6) is 0. The lowest BCUT2D eigenvalue weighted by Crippen LogP contribution is -0.481. The molecule has 5 heavy (non-hydrogen) atoms. The van der Waals surface area contributed by atoms with E-state index < -0.39 is 0 Å². The summed E-state index contributed by atoms with van der Waals surface area (Å²) in [4.78, 5) is 0. The van der Waals surface area contributed by atoms with Crippen molar-refractivity contribution in [1.29, 1.82) is 0 Å². The van der Waals surface area contributed by atoms with Crippen molar-refractivity contribution in [1.82, 2.24) is 6.15 Å². The summed E-state index contributed by atoms with van der Waals surface area (Å²) in [6, 6.07) is 0. The van der Waals surface area contributed by atoms with Gasteiger partial charge in [0.15, 0.2) is 0 Å². The van der Waals surface area contributed by atoms with Gasteiger partial charge in [0.05, 0.1) is 0 Å². The van der Waals surface area contributed by atoms with E-state index in [1.54, 1.807) is 0 Å². The van der Waals surface area contributed by atoms with E-state index >= 15 is 0 Å². The van der Waals surface area contributed by atoms with Gasteiger partial charge < -0.3 is 6.15 Å². The first-order chi connectivity index (χ1) is 0. The summed E-state index contributed by atoms with van der Waals surface area (Å²) in [5.41, 5.74) is 0. The fourth-order valence-corrected chi connectivity index (χ4v) is 0. The zero-order valence-electron chi connectivity index (χ0n) is 3.02. The second-order valence-corrected chi connectivity index (χ2v) is 0. The summed E-state index contributed by atoms with van der Waals surface area (Å²) in [6.07, 6.45) is 0. The molecule has 0 unspecified atom stereocenters. The number of rotatable bonds is 0. The fourth-order valence-electron chi connectivity index (χ4n) is 0. The molecule has 0 aliphatic carbocycles. The van der Waals surface area contributed by atoms with Crippen LogP contribution in [-0.2, 0) is 0 Å². The Hall–Kier alpha value is 0.220. The summed E-state index contributed by atoms with van der Waals surface area (Å²) in [6.45, 7) is 0. The minimum atomic E-state index is 0. The lowest BCUT2D eigenvalue weighted by Gasteiger charge is -0.344. The molecule has 0 aromatic heterocycles. The zero-order valence-corrected chi connectivity index (χ0v) is 3.02. The highest BCUT2D eigenvalue weighted by molar-refractivity contribution is 5.76.